The van der Waals surface area contributed by atoms with E-state index in [1.807, 2.05) is 11.6 Å². The van der Waals surface area contributed by atoms with Gasteiger partial charge in [-0.3, -0.25) is 9.36 Å². The molecule has 1 aromatic heterocycles. The molecular formula is C15H18FN5O2S. The average molecular weight is 351 g/mol. The Balaban J connectivity index is 1.55. The highest BCUT2D eigenvalue weighted by Gasteiger charge is 2.19. The molecule has 1 saturated heterocycles. The summed E-state index contributed by atoms with van der Waals surface area (Å²) in [4.78, 5) is 14.1. The topological polar surface area (TPSA) is 72.3 Å². The predicted octanol–water partition coefficient (Wildman–Crippen LogP) is 1.52. The van der Waals surface area contributed by atoms with E-state index in [0.29, 0.717) is 24.1 Å². The van der Waals surface area contributed by atoms with Crippen LogP contribution in [-0.2, 0) is 16.6 Å². The van der Waals surface area contributed by atoms with Crippen molar-refractivity contribution in [1.29, 1.82) is 0 Å². The summed E-state index contributed by atoms with van der Waals surface area (Å²) in [6.45, 7) is 2.91. The summed E-state index contributed by atoms with van der Waals surface area (Å²) in [6, 6.07) is 5.66. The average Bonchev–Trinajstić information content (AvgIpc) is 2.97. The van der Waals surface area contributed by atoms with E-state index in [9.17, 15) is 9.18 Å². The van der Waals surface area contributed by atoms with Crippen molar-refractivity contribution in [2.45, 2.75) is 5.16 Å². The van der Waals surface area contributed by atoms with E-state index in [4.69, 9.17) is 4.74 Å². The van der Waals surface area contributed by atoms with Crippen LogP contribution in [0, 0.1) is 5.82 Å². The maximum atomic E-state index is 12.8. The molecule has 24 heavy (non-hydrogen) atoms. The van der Waals surface area contributed by atoms with E-state index in [2.05, 4.69) is 20.4 Å². The SMILES string of the molecule is Cn1c(SCC(=O)Nc2ccc(F)cc2)nnc1N1CCOCC1. The summed E-state index contributed by atoms with van der Waals surface area (Å²) < 4.78 is 20.1. The van der Waals surface area contributed by atoms with Gasteiger partial charge in [-0.25, -0.2) is 4.39 Å². The molecule has 0 atom stereocenters. The summed E-state index contributed by atoms with van der Waals surface area (Å²) in [5.41, 5.74) is 0.564. The van der Waals surface area contributed by atoms with Crippen molar-refractivity contribution in [3.63, 3.8) is 0 Å². The van der Waals surface area contributed by atoms with Gasteiger partial charge in [0.05, 0.1) is 19.0 Å². The number of anilines is 2. The Morgan fingerprint density at radius 3 is 2.71 bits per heavy atom. The quantitative estimate of drug-likeness (QED) is 0.824. The Morgan fingerprint density at radius 2 is 2.00 bits per heavy atom. The molecule has 2 aromatic rings. The van der Waals surface area contributed by atoms with Crippen LogP contribution in [0.1, 0.15) is 0 Å². The third-order valence-electron chi connectivity index (χ3n) is 3.57. The number of ether oxygens (including phenoxy) is 1. The van der Waals surface area contributed by atoms with Gasteiger partial charge in [0.2, 0.25) is 11.9 Å². The van der Waals surface area contributed by atoms with E-state index in [1.54, 1.807) is 0 Å². The first-order chi connectivity index (χ1) is 11.6. The molecule has 7 nitrogen and oxygen atoms in total. The third kappa shape index (κ3) is 4.04. The van der Waals surface area contributed by atoms with Crippen LogP contribution in [0.15, 0.2) is 29.4 Å². The van der Waals surface area contributed by atoms with E-state index < -0.39 is 0 Å². The fourth-order valence-corrected chi connectivity index (χ4v) is 3.04. The lowest BCUT2D eigenvalue weighted by atomic mass is 10.3. The van der Waals surface area contributed by atoms with Crippen molar-refractivity contribution in [1.82, 2.24) is 14.8 Å². The number of halogens is 1. The molecule has 0 saturated carbocycles. The standard InChI is InChI=1S/C15H18FN5O2S/c1-20-14(21-6-8-23-9-7-21)18-19-15(20)24-10-13(22)17-12-4-2-11(16)3-5-12/h2-5H,6-10H2,1H3,(H,17,22). The molecule has 0 spiro atoms. The van der Waals surface area contributed by atoms with Crippen LogP contribution in [0.2, 0.25) is 0 Å². The number of carbonyl (C=O) groups is 1. The lowest BCUT2D eigenvalue weighted by molar-refractivity contribution is -0.113. The summed E-state index contributed by atoms with van der Waals surface area (Å²) in [6.07, 6.45) is 0. The maximum Gasteiger partial charge on any atom is 0.234 e. The molecule has 0 unspecified atom stereocenters. The molecule has 1 amide bonds. The summed E-state index contributed by atoms with van der Waals surface area (Å²) >= 11 is 1.31. The van der Waals surface area contributed by atoms with Gasteiger partial charge in [-0.1, -0.05) is 11.8 Å². The van der Waals surface area contributed by atoms with Crippen molar-refractivity contribution in [2.75, 3.05) is 42.3 Å². The van der Waals surface area contributed by atoms with Crippen LogP contribution in [0.4, 0.5) is 16.0 Å². The summed E-state index contributed by atoms with van der Waals surface area (Å²) in [5.74, 6) is 0.464. The van der Waals surface area contributed by atoms with E-state index in [-0.39, 0.29) is 17.5 Å². The molecule has 1 aliphatic rings. The lowest BCUT2D eigenvalue weighted by Crippen LogP contribution is -2.37. The highest BCUT2D eigenvalue weighted by atomic mass is 32.2. The molecule has 1 N–H and O–H groups in total. The number of rotatable bonds is 5. The number of nitrogens with one attached hydrogen (secondary N) is 1. The highest BCUT2D eigenvalue weighted by Crippen LogP contribution is 2.21. The Labute approximate surface area is 143 Å². The molecule has 0 bridgehead atoms. The first-order valence-corrected chi connectivity index (χ1v) is 8.52. The highest BCUT2D eigenvalue weighted by molar-refractivity contribution is 7.99. The number of carbonyl (C=O) groups excluding carboxylic acids is 1. The van der Waals surface area contributed by atoms with Crippen molar-refractivity contribution in [2.24, 2.45) is 7.05 Å². The van der Waals surface area contributed by atoms with Gasteiger partial charge in [-0.05, 0) is 24.3 Å². The molecule has 3 rings (SSSR count). The minimum Gasteiger partial charge on any atom is -0.378 e. The van der Waals surface area contributed by atoms with Crippen LogP contribution in [0.25, 0.3) is 0 Å². The molecule has 0 aliphatic carbocycles. The van der Waals surface area contributed by atoms with Gasteiger partial charge >= 0.3 is 0 Å². The fraction of sp³-hybridized carbons (Fsp3) is 0.400. The largest absolute Gasteiger partial charge is 0.378 e. The van der Waals surface area contributed by atoms with E-state index >= 15 is 0 Å². The van der Waals surface area contributed by atoms with Gasteiger partial charge in [0.1, 0.15) is 5.82 Å². The van der Waals surface area contributed by atoms with Crippen molar-refractivity contribution in [3.05, 3.63) is 30.1 Å². The molecule has 2 heterocycles. The monoisotopic (exact) mass is 351 g/mol. The van der Waals surface area contributed by atoms with Crippen LogP contribution in [0.3, 0.4) is 0 Å². The van der Waals surface area contributed by atoms with Gasteiger partial charge in [0.15, 0.2) is 5.16 Å². The maximum absolute atomic E-state index is 12.8. The van der Waals surface area contributed by atoms with Gasteiger partial charge in [-0.15, -0.1) is 10.2 Å². The summed E-state index contributed by atoms with van der Waals surface area (Å²) in [7, 11) is 1.88. The predicted molar refractivity (Wildman–Crippen MR) is 89.8 cm³/mol. The smallest absolute Gasteiger partial charge is 0.234 e. The number of amides is 1. The normalized spacial score (nSPS) is 14.7. The molecule has 1 aromatic carbocycles. The number of hydrogen-bond donors (Lipinski definition) is 1. The zero-order valence-electron chi connectivity index (χ0n) is 13.2. The van der Waals surface area contributed by atoms with Gasteiger partial charge in [0.25, 0.3) is 0 Å². The van der Waals surface area contributed by atoms with Crippen LogP contribution in [-0.4, -0.2) is 52.7 Å². The lowest BCUT2D eigenvalue weighted by Gasteiger charge is -2.27. The third-order valence-corrected chi connectivity index (χ3v) is 4.59. The second-order valence-corrected chi connectivity index (χ2v) is 6.23. The second-order valence-electron chi connectivity index (χ2n) is 5.28. The van der Waals surface area contributed by atoms with Crippen LogP contribution < -0.4 is 10.2 Å². The Kier molecular flexibility index (Phi) is 5.31. The Morgan fingerprint density at radius 1 is 1.29 bits per heavy atom. The van der Waals surface area contributed by atoms with Crippen LogP contribution in [0.5, 0.6) is 0 Å². The molecular weight excluding hydrogens is 333 g/mol. The number of thioether (sulfide) groups is 1. The van der Waals surface area contributed by atoms with Crippen molar-refractivity contribution in [3.8, 4) is 0 Å². The fourth-order valence-electron chi connectivity index (χ4n) is 2.33. The molecule has 1 aliphatic heterocycles. The number of aromatic nitrogens is 3. The molecule has 0 radical (unpaired) electrons. The van der Waals surface area contributed by atoms with Gasteiger partial charge < -0.3 is 15.0 Å². The minimum atomic E-state index is -0.336. The molecule has 1 fully saturated rings. The summed E-state index contributed by atoms with van der Waals surface area (Å²) in [5, 5.41) is 11.7. The van der Waals surface area contributed by atoms with Gasteiger partial charge in [0, 0.05) is 25.8 Å². The first kappa shape index (κ1) is 16.7. The Hall–Kier alpha value is -2.13. The Bertz CT molecular complexity index is 700. The van der Waals surface area contributed by atoms with Crippen LogP contribution >= 0.6 is 11.8 Å². The number of morpholine rings is 1. The van der Waals surface area contributed by atoms with E-state index in [0.717, 1.165) is 19.0 Å². The number of nitrogens with zero attached hydrogens (tertiary/aromatic N) is 4. The number of hydrogen-bond acceptors (Lipinski definition) is 6. The molecule has 9 heteroatoms. The first-order valence-electron chi connectivity index (χ1n) is 7.54. The van der Waals surface area contributed by atoms with Crippen molar-refractivity contribution >= 4 is 29.3 Å². The zero-order chi connectivity index (χ0) is 16.9. The number of benzene rings is 1. The van der Waals surface area contributed by atoms with Gasteiger partial charge in [-0.2, -0.15) is 0 Å². The second kappa shape index (κ2) is 7.63. The minimum absolute atomic E-state index is 0.178. The molecule has 128 valence electrons. The van der Waals surface area contributed by atoms with Crippen molar-refractivity contribution < 1.29 is 13.9 Å². The zero-order valence-corrected chi connectivity index (χ0v) is 14.1. The van der Waals surface area contributed by atoms with E-state index in [1.165, 1.54) is 36.0 Å².